The summed E-state index contributed by atoms with van der Waals surface area (Å²) in [6.07, 6.45) is 2.88. The summed E-state index contributed by atoms with van der Waals surface area (Å²) in [5, 5.41) is 9.50. The number of rotatable bonds is 3. The van der Waals surface area contributed by atoms with Gasteiger partial charge in [-0.05, 0) is 49.9 Å². The molecule has 0 atom stereocenters. The Morgan fingerprint density at radius 3 is 2.42 bits per heavy atom. The van der Waals surface area contributed by atoms with Crippen molar-refractivity contribution in [2.75, 3.05) is 29.4 Å². The van der Waals surface area contributed by atoms with Crippen LogP contribution in [0.1, 0.15) is 35.6 Å². The molecule has 136 valence electrons. The largest absolute Gasteiger partial charge is 0.393 e. The lowest BCUT2D eigenvalue weighted by atomic mass is 9.80. The summed E-state index contributed by atoms with van der Waals surface area (Å²) in [4.78, 5) is 25.3. The van der Waals surface area contributed by atoms with Crippen molar-refractivity contribution < 1.29 is 9.90 Å². The van der Waals surface area contributed by atoms with Crippen molar-refractivity contribution in [1.29, 1.82) is 0 Å². The molecule has 1 amide bonds. The minimum atomic E-state index is -0.207. The Balaban J connectivity index is 1.48. The fraction of sp³-hybridized carbons (Fsp3) is 0.450. The van der Waals surface area contributed by atoms with Crippen molar-refractivity contribution in [3.8, 4) is 0 Å². The average Bonchev–Trinajstić information content (AvgIpc) is 2.58. The molecule has 0 unspecified atom stereocenters. The number of aryl methyl sites for hydroxylation is 2. The predicted molar refractivity (Wildman–Crippen MR) is 100 cm³/mol. The molecule has 1 aromatic carbocycles. The van der Waals surface area contributed by atoms with Gasteiger partial charge in [0.05, 0.1) is 12.6 Å². The summed E-state index contributed by atoms with van der Waals surface area (Å²) < 4.78 is 0. The molecular formula is C20H24N4O2. The number of amides is 1. The first-order valence-electron chi connectivity index (χ1n) is 9.13. The molecule has 1 saturated heterocycles. The molecule has 0 bridgehead atoms. The number of anilines is 2. The Labute approximate surface area is 153 Å². The second-order valence-electron chi connectivity index (χ2n) is 7.44. The van der Waals surface area contributed by atoms with Gasteiger partial charge in [-0.25, -0.2) is 9.97 Å². The first kappa shape index (κ1) is 17.0. The second kappa shape index (κ2) is 6.68. The molecule has 1 aliphatic carbocycles. The number of hydrogen-bond donors (Lipinski definition) is 1. The lowest BCUT2D eigenvalue weighted by molar-refractivity contribution is -0.117. The number of carbonyl (C=O) groups excluding carboxylic acids is 1. The van der Waals surface area contributed by atoms with Gasteiger partial charge in [0.1, 0.15) is 12.1 Å². The van der Waals surface area contributed by atoms with Crippen molar-refractivity contribution in [1.82, 2.24) is 9.97 Å². The molecule has 4 rings (SSSR count). The molecule has 6 nitrogen and oxygen atoms in total. The van der Waals surface area contributed by atoms with Gasteiger partial charge in [-0.15, -0.1) is 0 Å². The van der Waals surface area contributed by atoms with Gasteiger partial charge in [0.25, 0.3) is 0 Å². The minimum absolute atomic E-state index is 0.0838. The molecule has 2 aromatic rings. The summed E-state index contributed by atoms with van der Waals surface area (Å²) >= 11 is 0. The summed E-state index contributed by atoms with van der Waals surface area (Å²) in [6.45, 7) is 5.80. The number of hydrogen-bond acceptors (Lipinski definition) is 5. The number of aliphatic hydroxyl groups excluding tert-OH is 1. The van der Waals surface area contributed by atoms with Gasteiger partial charge in [-0.3, -0.25) is 4.79 Å². The second-order valence-corrected chi connectivity index (χ2v) is 7.44. The molecule has 1 saturated carbocycles. The van der Waals surface area contributed by atoms with Crippen LogP contribution in [0.3, 0.4) is 0 Å². The van der Waals surface area contributed by atoms with Crippen LogP contribution in [0.15, 0.2) is 30.6 Å². The van der Waals surface area contributed by atoms with Gasteiger partial charge in [0, 0.05) is 36.5 Å². The highest BCUT2D eigenvalue weighted by Gasteiger charge is 2.31. The van der Waals surface area contributed by atoms with Gasteiger partial charge < -0.3 is 14.9 Å². The maximum atomic E-state index is 12.7. The number of benzene rings is 1. The van der Waals surface area contributed by atoms with E-state index in [2.05, 4.69) is 42.0 Å². The zero-order valence-electron chi connectivity index (χ0n) is 15.2. The highest BCUT2D eigenvalue weighted by molar-refractivity contribution is 5.97. The zero-order chi connectivity index (χ0) is 18.3. The third-order valence-corrected chi connectivity index (χ3v) is 5.27. The molecule has 1 aliphatic heterocycles. The number of aliphatic hydroxyl groups is 1. The van der Waals surface area contributed by atoms with E-state index in [1.54, 1.807) is 6.33 Å². The van der Waals surface area contributed by atoms with Crippen LogP contribution in [-0.2, 0) is 4.79 Å². The van der Waals surface area contributed by atoms with Crippen LogP contribution < -0.4 is 9.80 Å². The van der Waals surface area contributed by atoms with Crippen molar-refractivity contribution in [3.63, 3.8) is 0 Å². The predicted octanol–water partition coefficient (Wildman–Crippen LogP) is 2.18. The summed E-state index contributed by atoms with van der Waals surface area (Å²) in [5.74, 6) is 1.18. The lowest BCUT2D eigenvalue weighted by Gasteiger charge is -2.36. The third-order valence-electron chi connectivity index (χ3n) is 5.27. The lowest BCUT2D eigenvalue weighted by Crippen LogP contribution is -2.51. The Bertz CT molecular complexity index is 812. The van der Waals surface area contributed by atoms with Gasteiger partial charge in [0.2, 0.25) is 5.91 Å². The summed E-state index contributed by atoms with van der Waals surface area (Å²) in [5.41, 5.74) is 4.26. The first-order chi connectivity index (χ1) is 12.5. The topological polar surface area (TPSA) is 69.6 Å². The molecule has 26 heavy (non-hydrogen) atoms. The van der Waals surface area contributed by atoms with E-state index < -0.39 is 0 Å². The van der Waals surface area contributed by atoms with Gasteiger partial charge in [0.15, 0.2) is 0 Å². The van der Waals surface area contributed by atoms with Crippen LogP contribution in [0.4, 0.5) is 11.5 Å². The van der Waals surface area contributed by atoms with Crippen LogP contribution in [0.2, 0.25) is 0 Å². The SMILES string of the molecule is Cc1cc(C)cc(N2CCN(c3cc(C4CC(O)C4)ncn3)CC2=O)c1. The maximum Gasteiger partial charge on any atom is 0.246 e. The Morgan fingerprint density at radius 1 is 1.04 bits per heavy atom. The maximum absolute atomic E-state index is 12.7. The minimum Gasteiger partial charge on any atom is -0.393 e. The van der Waals surface area contributed by atoms with Crippen LogP contribution in [0.5, 0.6) is 0 Å². The Morgan fingerprint density at radius 2 is 1.77 bits per heavy atom. The average molecular weight is 352 g/mol. The number of aromatic nitrogens is 2. The van der Waals surface area contributed by atoms with E-state index in [1.165, 1.54) is 11.1 Å². The highest BCUT2D eigenvalue weighted by Crippen LogP contribution is 2.36. The zero-order valence-corrected chi connectivity index (χ0v) is 15.2. The smallest absolute Gasteiger partial charge is 0.246 e. The number of carbonyl (C=O) groups is 1. The van der Waals surface area contributed by atoms with Crippen LogP contribution >= 0.6 is 0 Å². The third kappa shape index (κ3) is 3.29. The van der Waals surface area contributed by atoms with Crippen LogP contribution in [0, 0.1) is 13.8 Å². The van der Waals surface area contributed by atoms with E-state index in [1.807, 2.05) is 15.9 Å². The first-order valence-corrected chi connectivity index (χ1v) is 9.13. The molecule has 1 aromatic heterocycles. The molecule has 2 aliphatic rings. The number of piperazine rings is 1. The van der Waals surface area contributed by atoms with Crippen molar-refractivity contribution in [2.45, 2.75) is 38.7 Å². The summed E-state index contributed by atoms with van der Waals surface area (Å²) in [7, 11) is 0. The van der Waals surface area contributed by atoms with Crippen LogP contribution in [0.25, 0.3) is 0 Å². The molecular weight excluding hydrogens is 328 g/mol. The van der Waals surface area contributed by atoms with Crippen LogP contribution in [-0.4, -0.2) is 46.7 Å². The monoisotopic (exact) mass is 352 g/mol. The normalized spacial score (nSPS) is 23.1. The Hall–Kier alpha value is -2.47. The van der Waals surface area contributed by atoms with E-state index in [4.69, 9.17) is 0 Å². The van der Waals surface area contributed by atoms with Gasteiger partial charge >= 0.3 is 0 Å². The van der Waals surface area contributed by atoms with Crippen molar-refractivity contribution >= 4 is 17.4 Å². The van der Waals surface area contributed by atoms with E-state index in [9.17, 15) is 9.90 Å². The molecule has 2 heterocycles. The standard InChI is InChI=1S/C20H24N4O2/c1-13-5-14(2)7-16(6-13)24-4-3-23(11-20(24)26)19-10-18(21-12-22-19)15-8-17(25)9-15/h5-7,10,12,15,17,25H,3-4,8-9,11H2,1-2H3. The van der Waals surface area contributed by atoms with E-state index in [-0.39, 0.29) is 12.0 Å². The fourth-order valence-corrected chi connectivity index (χ4v) is 3.84. The van der Waals surface area contributed by atoms with E-state index in [0.717, 1.165) is 36.6 Å². The summed E-state index contributed by atoms with van der Waals surface area (Å²) in [6, 6.07) is 8.21. The molecule has 1 N–H and O–H groups in total. The molecule has 0 spiro atoms. The molecule has 2 fully saturated rings. The molecule has 0 radical (unpaired) electrons. The van der Waals surface area contributed by atoms with Gasteiger partial charge in [-0.2, -0.15) is 0 Å². The van der Waals surface area contributed by atoms with Gasteiger partial charge in [-0.1, -0.05) is 6.07 Å². The molecule has 6 heteroatoms. The number of nitrogens with zero attached hydrogens (tertiary/aromatic N) is 4. The van der Waals surface area contributed by atoms with E-state index in [0.29, 0.717) is 19.0 Å². The highest BCUT2D eigenvalue weighted by atomic mass is 16.3. The van der Waals surface area contributed by atoms with Crippen molar-refractivity contribution in [3.05, 3.63) is 47.4 Å². The quantitative estimate of drug-likeness (QED) is 0.917. The van der Waals surface area contributed by atoms with E-state index >= 15 is 0 Å². The van der Waals surface area contributed by atoms with Crippen molar-refractivity contribution in [2.24, 2.45) is 0 Å². The fourth-order valence-electron chi connectivity index (χ4n) is 3.84. The Kier molecular flexibility index (Phi) is 4.36.